The lowest BCUT2D eigenvalue weighted by Gasteiger charge is -2.11. The molecular formula is C10H16N6O. The normalized spacial score (nSPS) is 12.9. The summed E-state index contributed by atoms with van der Waals surface area (Å²) in [7, 11) is 3.42. The van der Waals surface area contributed by atoms with E-state index in [4.69, 9.17) is 10.5 Å². The predicted molar refractivity (Wildman–Crippen MR) is 61.1 cm³/mol. The molecule has 0 saturated carbocycles. The van der Waals surface area contributed by atoms with Crippen LogP contribution in [0.3, 0.4) is 0 Å². The molecule has 0 radical (unpaired) electrons. The van der Waals surface area contributed by atoms with Crippen molar-refractivity contribution < 1.29 is 4.74 Å². The number of aryl methyl sites for hydroxylation is 1. The van der Waals surface area contributed by atoms with Crippen LogP contribution in [0.15, 0.2) is 18.5 Å². The fourth-order valence-corrected chi connectivity index (χ4v) is 1.63. The van der Waals surface area contributed by atoms with E-state index < -0.39 is 0 Å². The molecule has 7 nitrogen and oxygen atoms in total. The van der Waals surface area contributed by atoms with Crippen LogP contribution in [0.25, 0.3) is 0 Å². The number of hydrogen-bond acceptors (Lipinski definition) is 5. The smallest absolute Gasteiger partial charge is 0.105 e. The van der Waals surface area contributed by atoms with E-state index in [1.807, 2.05) is 10.7 Å². The quantitative estimate of drug-likeness (QED) is 0.771. The van der Waals surface area contributed by atoms with Gasteiger partial charge < -0.3 is 10.5 Å². The topological polar surface area (TPSA) is 83.8 Å². The van der Waals surface area contributed by atoms with Crippen molar-refractivity contribution in [3.8, 4) is 0 Å². The van der Waals surface area contributed by atoms with Gasteiger partial charge in [-0.05, 0) is 6.07 Å². The lowest BCUT2D eigenvalue weighted by Crippen LogP contribution is -2.19. The Morgan fingerprint density at radius 2 is 2.29 bits per heavy atom. The van der Waals surface area contributed by atoms with Crippen molar-refractivity contribution in [2.24, 2.45) is 12.8 Å². The Hall–Kier alpha value is -1.73. The van der Waals surface area contributed by atoms with Crippen molar-refractivity contribution in [1.29, 1.82) is 0 Å². The first-order valence-corrected chi connectivity index (χ1v) is 5.35. The van der Waals surface area contributed by atoms with Crippen molar-refractivity contribution in [1.82, 2.24) is 24.8 Å². The van der Waals surface area contributed by atoms with Crippen molar-refractivity contribution in [3.63, 3.8) is 0 Å². The molecule has 7 heteroatoms. The minimum absolute atomic E-state index is 0.317. The SMILES string of the molecule is COCCn1nccc1C(N)c1cnn(C)n1. The van der Waals surface area contributed by atoms with Gasteiger partial charge >= 0.3 is 0 Å². The van der Waals surface area contributed by atoms with E-state index in [0.29, 0.717) is 13.2 Å². The van der Waals surface area contributed by atoms with Crippen LogP contribution in [0, 0.1) is 0 Å². The Morgan fingerprint density at radius 1 is 1.47 bits per heavy atom. The fourth-order valence-electron chi connectivity index (χ4n) is 1.63. The van der Waals surface area contributed by atoms with Crippen LogP contribution in [-0.2, 0) is 18.3 Å². The molecule has 0 aliphatic heterocycles. The first kappa shape index (κ1) is 11.7. The third-order valence-corrected chi connectivity index (χ3v) is 2.51. The van der Waals surface area contributed by atoms with Crippen LogP contribution >= 0.6 is 0 Å². The molecule has 0 spiro atoms. The third kappa shape index (κ3) is 2.51. The zero-order valence-corrected chi connectivity index (χ0v) is 9.95. The first-order chi connectivity index (χ1) is 8.22. The zero-order chi connectivity index (χ0) is 12.3. The summed E-state index contributed by atoms with van der Waals surface area (Å²) in [5.41, 5.74) is 7.76. The Kier molecular flexibility index (Phi) is 3.50. The van der Waals surface area contributed by atoms with Gasteiger partial charge in [-0.3, -0.25) is 4.68 Å². The standard InChI is InChI=1S/C10H16N6O/c1-15-13-7-8(14-15)10(11)9-3-4-12-16(9)5-6-17-2/h3-4,7,10H,5-6,11H2,1-2H3. The Labute approximate surface area is 99.2 Å². The molecule has 0 saturated heterocycles. The van der Waals surface area contributed by atoms with Gasteiger partial charge in [-0.1, -0.05) is 0 Å². The minimum Gasteiger partial charge on any atom is -0.383 e. The fraction of sp³-hybridized carbons (Fsp3) is 0.500. The summed E-state index contributed by atoms with van der Waals surface area (Å²) in [5.74, 6) is 0. The third-order valence-electron chi connectivity index (χ3n) is 2.51. The number of methoxy groups -OCH3 is 1. The van der Waals surface area contributed by atoms with Gasteiger partial charge in [0.1, 0.15) is 5.69 Å². The van der Waals surface area contributed by atoms with E-state index in [0.717, 1.165) is 11.4 Å². The van der Waals surface area contributed by atoms with E-state index in [2.05, 4.69) is 15.3 Å². The Balaban J connectivity index is 2.18. The lowest BCUT2D eigenvalue weighted by atomic mass is 10.1. The molecule has 0 fully saturated rings. The van der Waals surface area contributed by atoms with Crippen LogP contribution in [-0.4, -0.2) is 38.5 Å². The maximum Gasteiger partial charge on any atom is 0.105 e. The van der Waals surface area contributed by atoms with E-state index in [1.165, 1.54) is 4.80 Å². The van der Waals surface area contributed by atoms with Gasteiger partial charge in [0, 0.05) is 20.4 Å². The van der Waals surface area contributed by atoms with Crippen molar-refractivity contribution in [3.05, 3.63) is 29.8 Å². The number of hydrogen-bond donors (Lipinski definition) is 1. The van der Waals surface area contributed by atoms with Gasteiger partial charge in [0.05, 0.1) is 31.1 Å². The summed E-state index contributed by atoms with van der Waals surface area (Å²) < 4.78 is 6.85. The van der Waals surface area contributed by atoms with Crippen LogP contribution in [0.4, 0.5) is 0 Å². The predicted octanol–water partition coefficient (Wildman–Crippen LogP) is -0.294. The second-order valence-electron chi connectivity index (χ2n) is 3.71. The van der Waals surface area contributed by atoms with Crippen molar-refractivity contribution >= 4 is 0 Å². The first-order valence-electron chi connectivity index (χ1n) is 5.35. The van der Waals surface area contributed by atoms with Gasteiger partial charge in [-0.25, -0.2) is 0 Å². The molecule has 2 aromatic heterocycles. The van der Waals surface area contributed by atoms with Gasteiger partial charge in [0.15, 0.2) is 0 Å². The summed E-state index contributed by atoms with van der Waals surface area (Å²) in [4.78, 5) is 1.49. The van der Waals surface area contributed by atoms with E-state index in [-0.39, 0.29) is 6.04 Å². The number of ether oxygens (including phenoxy) is 1. The average Bonchev–Trinajstić information content (AvgIpc) is 2.94. The lowest BCUT2D eigenvalue weighted by molar-refractivity contribution is 0.182. The molecule has 2 aromatic rings. The molecule has 0 aliphatic rings. The molecule has 1 unspecified atom stereocenters. The highest BCUT2D eigenvalue weighted by Crippen LogP contribution is 2.16. The maximum absolute atomic E-state index is 6.13. The summed E-state index contributed by atoms with van der Waals surface area (Å²) in [6.07, 6.45) is 3.39. The summed E-state index contributed by atoms with van der Waals surface area (Å²) in [6.45, 7) is 1.27. The number of aromatic nitrogens is 5. The minimum atomic E-state index is -0.317. The largest absolute Gasteiger partial charge is 0.383 e. The second-order valence-corrected chi connectivity index (χ2v) is 3.71. The van der Waals surface area contributed by atoms with Crippen LogP contribution in [0.1, 0.15) is 17.4 Å². The van der Waals surface area contributed by atoms with E-state index in [9.17, 15) is 0 Å². The van der Waals surface area contributed by atoms with Gasteiger partial charge in [-0.2, -0.15) is 20.1 Å². The van der Waals surface area contributed by atoms with Gasteiger partial charge in [-0.15, -0.1) is 0 Å². The van der Waals surface area contributed by atoms with Crippen LogP contribution < -0.4 is 5.73 Å². The highest BCUT2D eigenvalue weighted by atomic mass is 16.5. The van der Waals surface area contributed by atoms with Crippen molar-refractivity contribution in [2.75, 3.05) is 13.7 Å². The van der Waals surface area contributed by atoms with E-state index in [1.54, 1.807) is 26.6 Å². The molecule has 2 heterocycles. The van der Waals surface area contributed by atoms with Crippen molar-refractivity contribution in [2.45, 2.75) is 12.6 Å². The average molecular weight is 236 g/mol. The summed E-state index contributed by atoms with van der Waals surface area (Å²) in [6, 6.07) is 1.57. The highest BCUT2D eigenvalue weighted by molar-refractivity contribution is 5.17. The monoisotopic (exact) mass is 236 g/mol. The molecule has 17 heavy (non-hydrogen) atoms. The molecule has 1 atom stereocenters. The zero-order valence-electron chi connectivity index (χ0n) is 9.95. The van der Waals surface area contributed by atoms with Crippen LogP contribution in [0.2, 0.25) is 0 Å². The number of rotatable bonds is 5. The Morgan fingerprint density at radius 3 is 2.94 bits per heavy atom. The number of nitrogens with two attached hydrogens (primary N) is 1. The highest BCUT2D eigenvalue weighted by Gasteiger charge is 2.16. The molecule has 0 aliphatic carbocycles. The van der Waals surface area contributed by atoms with Gasteiger partial charge in [0.25, 0.3) is 0 Å². The van der Waals surface area contributed by atoms with Crippen LogP contribution in [0.5, 0.6) is 0 Å². The number of nitrogens with zero attached hydrogens (tertiary/aromatic N) is 5. The Bertz CT molecular complexity index is 477. The maximum atomic E-state index is 6.13. The van der Waals surface area contributed by atoms with Gasteiger partial charge in [0.2, 0.25) is 0 Å². The van der Waals surface area contributed by atoms with E-state index >= 15 is 0 Å². The second kappa shape index (κ2) is 5.07. The molecule has 2 rings (SSSR count). The molecule has 2 N–H and O–H groups in total. The molecule has 0 aromatic carbocycles. The molecular weight excluding hydrogens is 220 g/mol. The molecule has 0 bridgehead atoms. The summed E-state index contributed by atoms with van der Waals surface area (Å²) >= 11 is 0. The summed E-state index contributed by atoms with van der Waals surface area (Å²) in [5, 5.41) is 12.4. The molecule has 92 valence electrons. The molecule has 0 amide bonds.